The molecule has 0 aromatic carbocycles. The van der Waals surface area contributed by atoms with Crippen LogP contribution in [0.25, 0.3) is 0 Å². The Morgan fingerprint density at radius 3 is 2.79 bits per heavy atom. The Bertz CT molecular complexity index is 558. The standard InChI is InChI=1S/C13H17N3O3/c17-11-10(14-6-7-16(11)9-2-3-9)15-8-13(12(18)19)4-1-5-13/h6-7,9H,1-5,8H2,(H,14,15)(H,18,19). The van der Waals surface area contributed by atoms with Crippen LogP contribution in [0.4, 0.5) is 5.82 Å². The molecule has 0 spiro atoms. The number of anilines is 1. The van der Waals surface area contributed by atoms with Gasteiger partial charge in [-0.25, -0.2) is 4.98 Å². The molecule has 0 bridgehead atoms. The molecule has 0 aliphatic heterocycles. The highest BCUT2D eigenvalue weighted by atomic mass is 16.4. The molecule has 2 aliphatic carbocycles. The predicted molar refractivity (Wildman–Crippen MR) is 69.2 cm³/mol. The molecule has 2 fully saturated rings. The first kappa shape index (κ1) is 12.2. The number of carboxylic acid groups (broad SMARTS) is 1. The fraction of sp³-hybridized carbons (Fsp3) is 0.615. The van der Waals surface area contributed by atoms with Crippen molar-refractivity contribution in [1.82, 2.24) is 9.55 Å². The summed E-state index contributed by atoms with van der Waals surface area (Å²) in [5.74, 6) is -0.522. The fourth-order valence-electron chi connectivity index (χ4n) is 2.51. The van der Waals surface area contributed by atoms with Crippen LogP contribution in [0.15, 0.2) is 17.2 Å². The maximum Gasteiger partial charge on any atom is 0.311 e. The summed E-state index contributed by atoms with van der Waals surface area (Å²) in [6, 6.07) is 0.299. The average Bonchev–Trinajstić information content (AvgIpc) is 3.13. The summed E-state index contributed by atoms with van der Waals surface area (Å²) in [7, 11) is 0. The largest absolute Gasteiger partial charge is 0.481 e. The number of hydrogen-bond acceptors (Lipinski definition) is 4. The predicted octanol–water partition coefficient (Wildman–Crippen LogP) is 1.24. The summed E-state index contributed by atoms with van der Waals surface area (Å²) in [5.41, 5.74) is -0.862. The highest BCUT2D eigenvalue weighted by Gasteiger charge is 2.44. The molecule has 102 valence electrons. The molecule has 2 saturated carbocycles. The Morgan fingerprint density at radius 2 is 2.26 bits per heavy atom. The summed E-state index contributed by atoms with van der Waals surface area (Å²) in [4.78, 5) is 27.4. The molecule has 1 aromatic rings. The smallest absolute Gasteiger partial charge is 0.311 e. The number of rotatable bonds is 5. The summed E-state index contributed by atoms with van der Waals surface area (Å²) in [6.45, 7) is 0.277. The Morgan fingerprint density at radius 1 is 1.53 bits per heavy atom. The van der Waals surface area contributed by atoms with Crippen LogP contribution < -0.4 is 10.9 Å². The zero-order valence-corrected chi connectivity index (χ0v) is 10.6. The van der Waals surface area contributed by atoms with Gasteiger partial charge in [0.2, 0.25) is 0 Å². The lowest BCUT2D eigenvalue weighted by atomic mass is 9.69. The molecule has 6 nitrogen and oxygen atoms in total. The lowest BCUT2D eigenvalue weighted by Gasteiger charge is -2.37. The minimum absolute atomic E-state index is 0.148. The number of nitrogens with zero attached hydrogens (tertiary/aromatic N) is 2. The second kappa shape index (κ2) is 4.36. The summed E-state index contributed by atoms with van der Waals surface area (Å²) < 4.78 is 1.68. The van der Waals surface area contributed by atoms with Crippen molar-refractivity contribution in [1.29, 1.82) is 0 Å². The highest BCUT2D eigenvalue weighted by Crippen LogP contribution is 2.41. The topological polar surface area (TPSA) is 84.2 Å². The number of aromatic nitrogens is 2. The molecule has 19 heavy (non-hydrogen) atoms. The Hall–Kier alpha value is -1.85. The van der Waals surface area contributed by atoms with E-state index in [1.807, 2.05) is 0 Å². The Labute approximate surface area is 110 Å². The van der Waals surface area contributed by atoms with E-state index in [9.17, 15) is 14.7 Å². The quantitative estimate of drug-likeness (QED) is 0.835. The van der Waals surface area contributed by atoms with E-state index < -0.39 is 11.4 Å². The van der Waals surface area contributed by atoms with Crippen LogP contribution in [0.3, 0.4) is 0 Å². The first-order chi connectivity index (χ1) is 9.12. The van der Waals surface area contributed by atoms with Crippen LogP contribution in [-0.2, 0) is 4.79 Å². The van der Waals surface area contributed by atoms with Gasteiger partial charge in [-0.05, 0) is 25.7 Å². The van der Waals surface area contributed by atoms with Crippen LogP contribution >= 0.6 is 0 Å². The van der Waals surface area contributed by atoms with Crippen LogP contribution in [-0.4, -0.2) is 27.2 Å². The van der Waals surface area contributed by atoms with E-state index in [0.717, 1.165) is 19.3 Å². The van der Waals surface area contributed by atoms with Gasteiger partial charge in [0.25, 0.3) is 5.56 Å². The molecule has 0 unspecified atom stereocenters. The zero-order valence-electron chi connectivity index (χ0n) is 10.6. The van der Waals surface area contributed by atoms with Gasteiger partial charge >= 0.3 is 5.97 Å². The van der Waals surface area contributed by atoms with Crippen molar-refractivity contribution in [3.05, 3.63) is 22.7 Å². The average molecular weight is 263 g/mol. The van der Waals surface area contributed by atoms with Gasteiger partial charge in [-0.1, -0.05) is 6.42 Å². The Balaban J connectivity index is 1.75. The van der Waals surface area contributed by atoms with Crippen LogP contribution in [0, 0.1) is 5.41 Å². The second-order valence-electron chi connectivity index (χ2n) is 5.51. The monoisotopic (exact) mass is 263 g/mol. The third kappa shape index (κ3) is 2.11. The molecule has 0 amide bonds. The van der Waals surface area contributed by atoms with E-state index in [0.29, 0.717) is 18.9 Å². The molecule has 2 N–H and O–H groups in total. The van der Waals surface area contributed by atoms with Crippen molar-refractivity contribution in [2.24, 2.45) is 5.41 Å². The molecule has 3 rings (SSSR count). The van der Waals surface area contributed by atoms with Crippen molar-refractivity contribution in [2.75, 3.05) is 11.9 Å². The van der Waals surface area contributed by atoms with Gasteiger partial charge in [-0.15, -0.1) is 0 Å². The SMILES string of the molecule is O=C(O)C1(CNc2nccn(C3CC3)c2=O)CCC1. The summed E-state index contributed by atoms with van der Waals surface area (Å²) in [6.07, 6.45) is 7.61. The van der Waals surface area contributed by atoms with Gasteiger partial charge < -0.3 is 15.0 Å². The minimum atomic E-state index is -0.787. The molecular formula is C13H17N3O3. The summed E-state index contributed by atoms with van der Waals surface area (Å²) in [5, 5.41) is 12.2. The molecule has 0 atom stereocenters. The van der Waals surface area contributed by atoms with Crippen molar-refractivity contribution in [2.45, 2.75) is 38.1 Å². The third-order valence-electron chi connectivity index (χ3n) is 4.17. The second-order valence-corrected chi connectivity index (χ2v) is 5.51. The number of hydrogen-bond donors (Lipinski definition) is 2. The molecule has 1 heterocycles. The van der Waals surface area contributed by atoms with Gasteiger partial charge in [0.05, 0.1) is 5.41 Å². The Kier molecular flexibility index (Phi) is 2.80. The van der Waals surface area contributed by atoms with Gasteiger partial charge in [-0.3, -0.25) is 9.59 Å². The number of nitrogens with one attached hydrogen (secondary N) is 1. The van der Waals surface area contributed by atoms with Crippen molar-refractivity contribution in [3.63, 3.8) is 0 Å². The molecule has 6 heteroatoms. The molecule has 0 saturated heterocycles. The van der Waals surface area contributed by atoms with E-state index in [-0.39, 0.29) is 17.9 Å². The van der Waals surface area contributed by atoms with Crippen molar-refractivity contribution >= 4 is 11.8 Å². The number of aliphatic carboxylic acids is 1. The van der Waals surface area contributed by atoms with Crippen LogP contribution in [0.5, 0.6) is 0 Å². The lowest BCUT2D eigenvalue weighted by molar-refractivity contribution is -0.153. The van der Waals surface area contributed by atoms with Crippen molar-refractivity contribution < 1.29 is 9.90 Å². The van der Waals surface area contributed by atoms with Gasteiger partial charge in [0, 0.05) is 25.0 Å². The fourth-order valence-corrected chi connectivity index (χ4v) is 2.51. The van der Waals surface area contributed by atoms with E-state index in [2.05, 4.69) is 10.3 Å². The van der Waals surface area contributed by atoms with Gasteiger partial charge in [-0.2, -0.15) is 0 Å². The van der Waals surface area contributed by atoms with Crippen LogP contribution in [0.1, 0.15) is 38.1 Å². The number of carboxylic acids is 1. The molecule has 0 radical (unpaired) electrons. The normalized spacial score (nSPS) is 20.6. The highest BCUT2D eigenvalue weighted by molar-refractivity contribution is 5.76. The number of carbonyl (C=O) groups is 1. The first-order valence-electron chi connectivity index (χ1n) is 6.67. The molecule has 2 aliphatic rings. The van der Waals surface area contributed by atoms with Gasteiger partial charge in [0.15, 0.2) is 5.82 Å². The van der Waals surface area contributed by atoms with E-state index in [1.165, 1.54) is 0 Å². The molecular weight excluding hydrogens is 246 g/mol. The van der Waals surface area contributed by atoms with Gasteiger partial charge in [0.1, 0.15) is 0 Å². The van der Waals surface area contributed by atoms with Crippen molar-refractivity contribution in [3.8, 4) is 0 Å². The van der Waals surface area contributed by atoms with E-state index >= 15 is 0 Å². The zero-order chi connectivity index (χ0) is 13.5. The molecule has 1 aromatic heterocycles. The maximum absolute atomic E-state index is 12.1. The first-order valence-corrected chi connectivity index (χ1v) is 6.67. The maximum atomic E-state index is 12.1. The van der Waals surface area contributed by atoms with E-state index in [1.54, 1.807) is 17.0 Å². The van der Waals surface area contributed by atoms with Crippen LogP contribution in [0.2, 0.25) is 0 Å². The minimum Gasteiger partial charge on any atom is -0.481 e. The van der Waals surface area contributed by atoms with E-state index in [4.69, 9.17) is 0 Å². The summed E-state index contributed by atoms with van der Waals surface area (Å²) >= 11 is 0. The lowest BCUT2D eigenvalue weighted by Crippen LogP contribution is -2.44. The third-order valence-corrected chi connectivity index (χ3v) is 4.17.